The molecule has 0 saturated carbocycles. The number of Topliss-reactive ketones (excluding diaryl/α,β-unsaturated/α-hetero) is 1. The highest BCUT2D eigenvalue weighted by molar-refractivity contribution is 5.84. The molecule has 0 rings (SSSR count). The number of hydrogen-bond acceptors (Lipinski definition) is 5. The van der Waals surface area contributed by atoms with Crippen LogP contribution in [0.5, 0.6) is 0 Å². The van der Waals surface area contributed by atoms with E-state index in [0.717, 1.165) is 19.3 Å². The molecule has 0 amide bonds. The van der Waals surface area contributed by atoms with Gasteiger partial charge in [0.15, 0.2) is 11.6 Å². The summed E-state index contributed by atoms with van der Waals surface area (Å²) in [4.78, 5) is 11.7. The Bertz CT molecular complexity index is 317. The van der Waals surface area contributed by atoms with Crippen LogP contribution in [-0.4, -0.2) is 22.8 Å². The summed E-state index contributed by atoms with van der Waals surface area (Å²) in [6, 6.07) is -1.20. The first-order chi connectivity index (χ1) is 11.9. The lowest BCUT2D eigenvalue weighted by Gasteiger charge is -2.23. The highest BCUT2D eigenvalue weighted by Gasteiger charge is 2.30. The van der Waals surface area contributed by atoms with E-state index in [2.05, 4.69) is 6.92 Å². The van der Waals surface area contributed by atoms with Gasteiger partial charge in [0.1, 0.15) is 6.04 Å². The van der Waals surface area contributed by atoms with Gasteiger partial charge in [-0.1, -0.05) is 96.8 Å². The molecule has 0 aliphatic heterocycles. The maximum absolute atomic E-state index is 11.7. The number of hydrogen-bond donors (Lipinski definition) is 4. The second-order valence-electron chi connectivity index (χ2n) is 7.53. The third kappa shape index (κ3) is 15.5. The number of aliphatic hydroxyl groups is 1. The first-order valence-electron chi connectivity index (χ1n) is 10.5. The summed E-state index contributed by atoms with van der Waals surface area (Å²) in [7, 11) is 0. The molecule has 0 fully saturated rings. The molecule has 7 N–H and O–H groups in total. The Balaban J connectivity index is 3.25. The number of carbonyl (C=O) groups excluding carboxylic acids is 1. The third-order valence-corrected chi connectivity index (χ3v) is 4.87. The minimum absolute atomic E-state index is 0.262. The normalized spacial score (nSPS) is 13.2. The van der Waals surface area contributed by atoms with Gasteiger partial charge in [-0.3, -0.25) is 16.3 Å². The molecular formula is C20H43N3O2. The number of ketones is 1. The zero-order valence-corrected chi connectivity index (χ0v) is 16.5. The van der Waals surface area contributed by atoms with Crippen LogP contribution >= 0.6 is 0 Å². The van der Waals surface area contributed by atoms with E-state index in [9.17, 15) is 9.90 Å². The van der Waals surface area contributed by atoms with Crippen LogP contribution in [0.4, 0.5) is 0 Å². The van der Waals surface area contributed by atoms with Gasteiger partial charge < -0.3 is 10.8 Å². The van der Waals surface area contributed by atoms with Gasteiger partial charge in [-0.05, 0) is 6.42 Å². The Labute approximate surface area is 155 Å². The molecule has 1 atom stereocenters. The molecule has 1 unspecified atom stereocenters. The van der Waals surface area contributed by atoms with Gasteiger partial charge in [0, 0.05) is 6.42 Å². The molecule has 150 valence electrons. The van der Waals surface area contributed by atoms with E-state index in [1.165, 1.54) is 77.0 Å². The maximum Gasteiger partial charge on any atom is 0.189 e. The van der Waals surface area contributed by atoms with E-state index in [-0.39, 0.29) is 5.78 Å². The fourth-order valence-electron chi connectivity index (χ4n) is 3.08. The van der Waals surface area contributed by atoms with E-state index >= 15 is 0 Å². The van der Waals surface area contributed by atoms with Crippen molar-refractivity contribution in [1.82, 2.24) is 0 Å². The van der Waals surface area contributed by atoms with Crippen LogP contribution in [0.15, 0.2) is 0 Å². The molecule has 0 heterocycles. The summed E-state index contributed by atoms with van der Waals surface area (Å²) in [6.07, 6.45) is 19.6. The Morgan fingerprint density at radius 3 is 1.40 bits per heavy atom. The van der Waals surface area contributed by atoms with Crippen molar-refractivity contribution in [3.05, 3.63) is 0 Å². The van der Waals surface area contributed by atoms with Crippen molar-refractivity contribution in [2.45, 2.75) is 122 Å². The summed E-state index contributed by atoms with van der Waals surface area (Å²) in [5.41, 5.74) is 16.0. The topological polar surface area (TPSA) is 115 Å². The molecule has 0 spiro atoms. The second kappa shape index (κ2) is 15.7. The van der Waals surface area contributed by atoms with Crippen molar-refractivity contribution in [1.29, 1.82) is 0 Å². The zero-order chi connectivity index (χ0) is 19.0. The van der Waals surface area contributed by atoms with Crippen LogP contribution in [0.2, 0.25) is 0 Å². The molecule has 0 aromatic heterocycles. The van der Waals surface area contributed by atoms with Crippen molar-refractivity contribution in [2.24, 2.45) is 17.2 Å². The predicted molar refractivity (Wildman–Crippen MR) is 106 cm³/mol. The van der Waals surface area contributed by atoms with Gasteiger partial charge in [-0.2, -0.15) is 0 Å². The first kappa shape index (κ1) is 24.5. The summed E-state index contributed by atoms with van der Waals surface area (Å²) >= 11 is 0. The van der Waals surface area contributed by atoms with E-state index in [1.54, 1.807) is 0 Å². The lowest BCUT2D eigenvalue weighted by molar-refractivity contribution is -0.126. The SMILES string of the molecule is CCCCCCCCCCCCCCCCCC(=O)C(N)C(N)(N)O. The van der Waals surface area contributed by atoms with Crippen LogP contribution < -0.4 is 17.2 Å². The summed E-state index contributed by atoms with van der Waals surface area (Å²) in [5, 5.41) is 9.29. The molecule has 0 aromatic carbocycles. The van der Waals surface area contributed by atoms with Crippen LogP contribution in [0, 0.1) is 0 Å². The minimum Gasteiger partial charge on any atom is -0.362 e. The van der Waals surface area contributed by atoms with Crippen LogP contribution in [0.25, 0.3) is 0 Å². The average Bonchev–Trinajstić information content (AvgIpc) is 2.56. The predicted octanol–water partition coefficient (Wildman–Crippen LogP) is 3.71. The van der Waals surface area contributed by atoms with Crippen LogP contribution in [0.3, 0.4) is 0 Å². The average molecular weight is 358 g/mol. The number of rotatable bonds is 18. The number of unbranched alkanes of at least 4 members (excludes halogenated alkanes) is 14. The van der Waals surface area contributed by atoms with Gasteiger partial charge in [0.05, 0.1) is 0 Å². The summed E-state index contributed by atoms with van der Waals surface area (Å²) in [6.45, 7) is 2.26. The molecular weight excluding hydrogens is 314 g/mol. The van der Waals surface area contributed by atoms with Crippen molar-refractivity contribution >= 4 is 5.78 Å². The quantitative estimate of drug-likeness (QED) is 0.220. The smallest absolute Gasteiger partial charge is 0.189 e. The molecule has 0 radical (unpaired) electrons. The van der Waals surface area contributed by atoms with Crippen molar-refractivity contribution < 1.29 is 9.90 Å². The molecule has 5 heteroatoms. The Hall–Kier alpha value is -0.490. The van der Waals surface area contributed by atoms with E-state index in [1.807, 2.05) is 0 Å². The minimum atomic E-state index is -2.10. The maximum atomic E-state index is 11.7. The number of carbonyl (C=O) groups is 1. The Morgan fingerprint density at radius 1 is 0.760 bits per heavy atom. The Morgan fingerprint density at radius 2 is 1.08 bits per heavy atom. The van der Waals surface area contributed by atoms with Crippen LogP contribution in [0.1, 0.15) is 110 Å². The van der Waals surface area contributed by atoms with Gasteiger partial charge in [-0.15, -0.1) is 0 Å². The van der Waals surface area contributed by atoms with Crippen LogP contribution in [-0.2, 0) is 4.79 Å². The highest BCUT2D eigenvalue weighted by Crippen LogP contribution is 2.14. The largest absolute Gasteiger partial charge is 0.362 e. The summed E-state index contributed by atoms with van der Waals surface area (Å²) < 4.78 is 0. The first-order valence-corrected chi connectivity index (χ1v) is 10.5. The lowest BCUT2D eigenvalue weighted by Crippen LogP contribution is -2.65. The third-order valence-electron chi connectivity index (χ3n) is 4.87. The monoisotopic (exact) mass is 357 g/mol. The van der Waals surface area contributed by atoms with Gasteiger partial charge in [0.2, 0.25) is 0 Å². The van der Waals surface area contributed by atoms with Gasteiger partial charge in [0.25, 0.3) is 0 Å². The Kier molecular flexibility index (Phi) is 15.4. The zero-order valence-electron chi connectivity index (χ0n) is 16.5. The second-order valence-corrected chi connectivity index (χ2v) is 7.53. The standard InChI is InChI=1S/C20H43N3O2/c1-2-3-4-5-6-7-8-9-10-11-12-13-14-15-16-17-18(24)19(21)20(22,23)25/h19,25H,2-17,21-23H2,1H3. The molecule has 0 aliphatic carbocycles. The molecule has 5 nitrogen and oxygen atoms in total. The number of nitrogens with two attached hydrogens (primary N) is 3. The van der Waals surface area contributed by atoms with E-state index < -0.39 is 11.9 Å². The fraction of sp³-hybridized carbons (Fsp3) is 0.950. The summed E-state index contributed by atoms with van der Waals surface area (Å²) in [5.74, 6) is -2.37. The van der Waals surface area contributed by atoms with Gasteiger partial charge in [-0.25, -0.2) is 0 Å². The fourth-order valence-corrected chi connectivity index (χ4v) is 3.08. The van der Waals surface area contributed by atoms with Crippen molar-refractivity contribution in [3.8, 4) is 0 Å². The molecule has 25 heavy (non-hydrogen) atoms. The van der Waals surface area contributed by atoms with Gasteiger partial charge >= 0.3 is 0 Å². The van der Waals surface area contributed by atoms with Crippen molar-refractivity contribution in [3.63, 3.8) is 0 Å². The van der Waals surface area contributed by atoms with Crippen molar-refractivity contribution in [2.75, 3.05) is 0 Å². The lowest BCUT2D eigenvalue weighted by atomic mass is 10.0. The molecule has 0 bridgehead atoms. The van der Waals surface area contributed by atoms with E-state index in [4.69, 9.17) is 17.2 Å². The molecule has 0 saturated heterocycles. The molecule has 0 aliphatic rings. The van der Waals surface area contributed by atoms with E-state index in [0.29, 0.717) is 6.42 Å². The highest BCUT2D eigenvalue weighted by atomic mass is 16.3. The molecule has 0 aromatic rings.